The van der Waals surface area contributed by atoms with Gasteiger partial charge in [-0.1, -0.05) is 0 Å². The van der Waals surface area contributed by atoms with Gasteiger partial charge in [-0.25, -0.2) is 9.78 Å². The highest BCUT2D eigenvalue weighted by molar-refractivity contribution is 7.99. The molecule has 1 unspecified atom stereocenters. The third kappa shape index (κ3) is 3.86. The van der Waals surface area contributed by atoms with Gasteiger partial charge in [0.1, 0.15) is 5.75 Å². The Kier molecular flexibility index (Phi) is 5.03. The van der Waals surface area contributed by atoms with Gasteiger partial charge in [0.15, 0.2) is 11.7 Å². The van der Waals surface area contributed by atoms with Crippen molar-refractivity contribution < 1.29 is 25.4 Å². The van der Waals surface area contributed by atoms with Crippen LogP contribution in [0.25, 0.3) is 10.9 Å². The molecule has 6 heteroatoms. The molecule has 0 aliphatic rings. The van der Waals surface area contributed by atoms with Crippen molar-refractivity contribution in [3.8, 4) is 5.75 Å². The molecule has 2 aromatic rings. The fourth-order valence-electron chi connectivity index (χ4n) is 2.00. The molecule has 0 spiro atoms. The zero-order chi connectivity index (χ0) is 15.4. The molecule has 2 rings (SSSR count). The van der Waals surface area contributed by atoms with E-state index in [-0.39, 0.29) is 0 Å². The summed E-state index contributed by atoms with van der Waals surface area (Å²) in [5.74, 6) is 0.377. The van der Waals surface area contributed by atoms with E-state index in [4.69, 9.17) is 9.84 Å². The van der Waals surface area contributed by atoms with Crippen LogP contribution in [0.1, 0.15) is 12.6 Å². The van der Waals surface area contributed by atoms with E-state index in [2.05, 4.69) is 10.7 Å². The van der Waals surface area contributed by atoms with Crippen LogP contribution in [0.4, 0.5) is 0 Å². The number of aryl methyl sites for hydroxylation is 1. The molecule has 0 bridgehead atoms. The number of aromatic nitrogens is 1. The first-order valence-electron chi connectivity index (χ1n) is 6.79. The molecule has 5 N–H and O–H groups in total. The fourth-order valence-corrected chi connectivity index (χ4v) is 3.10. The first-order valence-corrected chi connectivity index (χ1v) is 7.78. The van der Waals surface area contributed by atoms with Gasteiger partial charge in [-0.15, -0.1) is 11.8 Å². The van der Waals surface area contributed by atoms with Crippen molar-refractivity contribution in [3.05, 3.63) is 30.0 Å². The van der Waals surface area contributed by atoms with Crippen LogP contribution >= 0.6 is 11.8 Å². The van der Waals surface area contributed by atoms with Crippen LogP contribution < -0.4 is 15.5 Å². The molecule has 1 heterocycles. The molecule has 1 aromatic heterocycles. The molecule has 0 fully saturated rings. The SMILES string of the molecule is CCOc1ccc2[nH+]c(C)cc(SCC([NH3+])C(=O)O)c2c1. The number of carbonyl (C=O) groups is 1. The lowest BCUT2D eigenvalue weighted by Gasteiger charge is -2.08. The molecule has 1 atom stereocenters. The summed E-state index contributed by atoms with van der Waals surface area (Å²) in [7, 11) is 0. The van der Waals surface area contributed by atoms with E-state index in [1.807, 2.05) is 38.1 Å². The van der Waals surface area contributed by atoms with Gasteiger partial charge in [0.25, 0.3) is 0 Å². The third-order valence-electron chi connectivity index (χ3n) is 3.04. The number of rotatable bonds is 6. The number of carboxylic acid groups (broad SMARTS) is 1. The van der Waals surface area contributed by atoms with E-state index in [1.165, 1.54) is 11.8 Å². The summed E-state index contributed by atoms with van der Waals surface area (Å²) in [6, 6.07) is 7.30. The van der Waals surface area contributed by atoms with Gasteiger partial charge in [0.2, 0.25) is 5.52 Å². The molecule has 0 aliphatic carbocycles. The fraction of sp³-hybridized carbons (Fsp3) is 0.333. The predicted octanol–water partition coefficient (Wildman–Crippen LogP) is 1.15. The number of thioether (sulfide) groups is 1. The summed E-state index contributed by atoms with van der Waals surface area (Å²) < 4.78 is 5.53. The zero-order valence-electron chi connectivity index (χ0n) is 12.2. The summed E-state index contributed by atoms with van der Waals surface area (Å²) >= 11 is 1.51. The number of pyridine rings is 1. The highest BCUT2D eigenvalue weighted by atomic mass is 32.2. The number of H-pyrrole nitrogens is 1. The van der Waals surface area contributed by atoms with Crippen molar-refractivity contribution in [1.29, 1.82) is 0 Å². The van der Waals surface area contributed by atoms with Gasteiger partial charge in [0, 0.05) is 24.0 Å². The molecule has 0 radical (unpaired) electrons. The monoisotopic (exact) mass is 308 g/mol. The van der Waals surface area contributed by atoms with Crippen molar-refractivity contribution >= 4 is 28.6 Å². The number of benzene rings is 1. The average molecular weight is 308 g/mol. The number of quaternary nitrogens is 1. The standard InChI is InChI=1S/C15H18N2O3S/c1-3-20-10-4-5-13-11(7-10)14(6-9(2)17-13)21-8-12(16)15(18)19/h4-7,12H,3,8,16H2,1-2H3,(H,18,19)/p+2. The lowest BCUT2D eigenvalue weighted by molar-refractivity contribution is -0.400. The lowest BCUT2D eigenvalue weighted by atomic mass is 10.2. The van der Waals surface area contributed by atoms with Crippen molar-refractivity contribution in [2.75, 3.05) is 12.4 Å². The molecule has 112 valence electrons. The minimum Gasteiger partial charge on any atom is -0.494 e. The second-order valence-electron chi connectivity index (χ2n) is 4.80. The number of hydrogen-bond donors (Lipinski definition) is 2. The summed E-state index contributed by atoms with van der Waals surface area (Å²) in [5.41, 5.74) is 5.69. The molecular weight excluding hydrogens is 288 g/mol. The highest BCUT2D eigenvalue weighted by Gasteiger charge is 2.18. The minimum absolute atomic E-state index is 0.437. The van der Waals surface area contributed by atoms with E-state index >= 15 is 0 Å². The van der Waals surface area contributed by atoms with Crippen LogP contribution in [0.15, 0.2) is 29.2 Å². The average Bonchev–Trinajstić information content (AvgIpc) is 2.44. The van der Waals surface area contributed by atoms with Gasteiger partial charge in [-0.05, 0) is 19.1 Å². The van der Waals surface area contributed by atoms with Crippen molar-refractivity contribution in [2.45, 2.75) is 24.8 Å². The Labute approximate surface area is 127 Å². The van der Waals surface area contributed by atoms with Crippen molar-refractivity contribution in [3.63, 3.8) is 0 Å². The highest BCUT2D eigenvalue weighted by Crippen LogP contribution is 2.29. The van der Waals surface area contributed by atoms with Crippen LogP contribution in [-0.4, -0.2) is 29.5 Å². The third-order valence-corrected chi connectivity index (χ3v) is 4.25. The van der Waals surface area contributed by atoms with Gasteiger partial charge in [-0.2, -0.15) is 0 Å². The molecule has 0 amide bonds. The molecule has 5 nitrogen and oxygen atoms in total. The van der Waals surface area contributed by atoms with Crippen LogP contribution in [0.2, 0.25) is 0 Å². The number of carboxylic acids is 1. The lowest BCUT2D eigenvalue weighted by Crippen LogP contribution is -2.66. The maximum absolute atomic E-state index is 10.9. The summed E-state index contributed by atoms with van der Waals surface area (Å²) in [6.07, 6.45) is 0. The topological polar surface area (TPSA) is 88.3 Å². The first-order chi connectivity index (χ1) is 10.0. The van der Waals surface area contributed by atoms with Crippen molar-refractivity contribution in [1.82, 2.24) is 0 Å². The second-order valence-corrected chi connectivity index (χ2v) is 5.87. The van der Waals surface area contributed by atoms with E-state index < -0.39 is 12.0 Å². The Morgan fingerprint density at radius 1 is 1.48 bits per heavy atom. The quantitative estimate of drug-likeness (QED) is 0.784. The van der Waals surface area contributed by atoms with Gasteiger partial charge >= 0.3 is 5.97 Å². The maximum atomic E-state index is 10.9. The maximum Gasteiger partial charge on any atom is 0.363 e. The summed E-state index contributed by atoms with van der Waals surface area (Å²) in [4.78, 5) is 15.2. The molecular formula is C15H20N2O3S+2. The van der Waals surface area contributed by atoms with Gasteiger partial charge < -0.3 is 15.6 Å². The number of aliphatic carboxylic acids is 1. The Morgan fingerprint density at radius 3 is 2.90 bits per heavy atom. The predicted molar refractivity (Wildman–Crippen MR) is 81.4 cm³/mol. The summed E-state index contributed by atoms with van der Waals surface area (Å²) in [5, 5.41) is 9.98. The van der Waals surface area contributed by atoms with Crippen LogP contribution in [0, 0.1) is 6.92 Å². The first kappa shape index (κ1) is 15.6. The summed E-state index contributed by atoms with van der Waals surface area (Å²) in [6.45, 7) is 4.55. The molecule has 0 saturated heterocycles. The molecule has 0 saturated carbocycles. The Bertz CT molecular complexity index is 661. The number of nitrogens with one attached hydrogen (secondary N) is 1. The molecule has 0 aliphatic heterocycles. The van der Waals surface area contributed by atoms with Crippen LogP contribution in [0.5, 0.6) is 5.75 Å². The number of hydrogen-bond acceptors (Lipinski definition) is 3. The largest absolute Gasteiger partial charge is 0.494 e. The van der Waals surface area contributed by atoms with E-state index in [1.54, 1.807) is 0 Å². The molecule has 1 aromatic carbocycles. The molecule has 21 heavy (non-hydrogen) atoms. The van der Waals surface area contributed by atoms with Crippen LogP contribution in [0.3, 0.4) is 0 Å². The Morgan fingerprint density at radius 2 is 2.24 bits per heavy atom. The van der Waals surface area contributed by atoms with E-state index in [0.717, 1.165) is 27.2 Å². The van der Waals surface area contributed by atoms with E-state index in [9.17, 15) is 4.79 Å². The van der Waals surface area contributed by atoms with Crippen molar-refractivity contribution in [2.24, 2.45) is 0 Å². The Balaban J connectivity index is 2.35. The smallest absolute Gasteiger partial charge is 0.363 e. The van der Waals surface area contributed by atoms with Gasteiger partial charge in [0.05, 0.1) is 17.7 Å². The minimum atomic E-state index is -0.874. The van der Waals surface area contributed by atoms with E-state index in [0.29, 0.717) is 12.4 Å². The second kappa shape index (κ2) is 6.78. The normalized spacial score (nSPS) is 12.3. The Hall–Kier alpha value is -1.79. The zero-order valence-corrected chi connectivity index (χ0v) is 13.0. The number of fused-ring (bicyclic) bond motifs is 1. The number of aromatic amines is 1. The van der Waals surface area contributed by atoms with Crippen LogP contribution in [-0.2, 0) is 4.79 Å². The number of ether oxygens (including phenoxy) is 1. The van der Waals surface area contributed by atoms with Gasteiger partial charge in [-0.3, -0.25) is 0 Å².